The zero-order valence-electron chi connectivity index (χ0n) is 13.7. The first kappa shape index (κ1) is 18.7. The molecule has 0 unspecified atom stereocenters. The van der Waals surface area contributed by atoms with Crippen molar-refractivity contribution in [3.05, 3.63) is 92.5 Å². The Morgan fingerprint density at radius 1 is 0.926 bits per heavy atom. The van der Waals surface area contributed by atoms with Crippen molar-refractivity contribution in [2.75, 3.05) is 5.32 Å². The monoisotopic (exact) mass is 402 g/mol. The number of halogens is 2. The van der Waals surface area contributed by atoms with Crippen molar-refractivity contribution >= 4 is 40.5 Å². The van der Waals surface area contributed by atoms with Gasteiger partial charge in [-0.1, -0.05) is 23.2 Å². The fourth-order valence-corrected chi connectivity index (χ4v) is 2.63. The van der Waals surface area contributed by atoms with Crippen molar-refractivity contribution in [3.8, 4) is 11.5 Å². The highest BCUT2D eigenvalue weighted by molar-refractivity contribution is 6.34. The van der Waals surface area contributed by atoms with Gasteiger partial charge in [-0.2, -0.15) is 0 Å². The van der Waals surface area contributed by atoms with Crippen molar-refractivity contribution in [3.63, 3.8) is 0 Å². The maximum absolute atomic E-state index is 12.3. The SMILES string of the molecule is O=C(Nc1ccc(Oc2ccc(Cl)cc2)cc1)c1ccc([N+](=O)[O-])cc1Cl. The third-order valence-corrected chi connectivity index (χ3v) is 4.13. The van der Waals surface area contributed by atoms with Crippen molar-refractivity contribution in [2.45, 2.75) is 0 Å². The second kappa shape index (κ2) is 8.07. The van der Waals surface area contributed by atoms with Gasteiger partial charge in [0.25, 0.3) is 11.6 Å². The molecule has 0 heterocycles. The number of nitrogens with one attached hydrogen (secondary N) is 1. The number of non-ortho nitro benzene ring substituents is 1. The minimum Gasteiger partial charge on any atom is -0.457 e. The van der Waals surface area contributed by atoms with Gasteiger partial charge in [0, 0.05) is 22.8 Å². The minimum absolute atomic E-state index is 0.00407. The highest BCUT2D eigenvalue weighted by Gasteiger charge is 2.15. The van der Waals surface area contributed by atoms with E-state index in [-0.39, 0.29) is 16.3 Å². The molecule has 0 fully saturated rings. The number of nitrogens with zero attached hydrogens (tertiary/aromatic N) is 1. The third kappa shape index (κ3) is 4.75. The maximum atomic E-state index is 12.3. The van der Waals surface area contributed by atoms with Crippen LogP contribution in [0.3, 0.4) is 0 Å². The van der Waals surface area contributed by atoms with E-state index in [1.54, 1.807) is 48.5 Å². The first-order valence-corrected chi connectivity index (χ1v) is 8.47. The van der Waals surface area contributed by atoms with Gasteiger partial charge in [0.2, 0.25) is 0 Å². The van der Waals surface area contributed by atoms with Crippen LogP contribution < -0.4 is 10.1 Å². The van der Waals surface area contributed by atoms with Crippen LogP contribution in [-0.4, -0.2) is 10.8 Å². The molecule has 0 aliphatic heterocycles. The number of anilines is 1. The Morgan fingerprint density at radius 3 is 2.07 bits per heavy atom. The topological polar surface area (TPSA) is 81.5 Å². The standard InChI is InChI=1S/C19H12Cl2N2O4/c20-12-1-6-15(7-2-12)27-16-8-3-13(4-9-16)22-19(24)17-10-5-14(23(25)26)11-18(17)21/h1-11H,(H,22,24). The van der Waals surface area contributed by atoms with E-state index in [0.29, 0.717) is 22.2 Å². The van der Waals surface area contributed by atoms with Gasteiger partial charge in [-0.15, -0.1) is 0 Å². The number of nitro benzene ring substituents is 1. The Morgan fingerprint density at radius 2 is 1.52 bits per heavy atom. The van der Waals surface area contributed by atoms with E-state index in [4.69, 9.17) is 27.9 Å². The lowest BCUT2D eigenvalue weighted by Crippen LogP contribution is -2.12. The summed E-state index contributed by atoms with van der Waals surface area (Å²) in [7, 11) is 0. The molecule has 0 aromatic heterocycles. The molecule has 0 aliphatic carbocycles. The number of benzene rings is 3. The Labute approximate surface area is 164 Å². The summed E-state index contributed by atoms with van der Waals surface area (Å²) < 4.78 is 5.68. The summed E-state index contributed by atoms with van der Waals surface area (Å²) >= 11 is 11.8. The highest BCUT2D eigenvalue weighted by Crippen LogP contribution is 2.26. The van der Waals surface area contributed by atoms with E-state index >= 15 is 0 Å². The first-order valence-electron chi connectivity index (χ1n) is 7.71. The average Bonchev–Trinajstić information content (AvgIpc) is 2.65. The Kier molecular flexibility index (Phi) is 5.59. The lowest BCUT2D eigenvalue weighted by molar-refractivity contribution is -0.384. The van der Waals surface area contributed by atoms with E-state index in [1.165, 1.54) is 12.1 Å². The summed E-state index contributed by atoms with van der Waals surface area (Å²) in [5.74, 6) is 0.749. The fourth-order valence-electron chi connectivity index (χ4n) is 2.25. The predicted octanol–water partition coefficient (Wildman–Crippen LogP) is 5.95. The number of hydrogen-bond acceptors (Lipinski definition) is 4. The van der Waals surface area contributed by atoms with Crippen molar-refractivity contribution in [1.29, 1.82) is 0 Å². The number of amides is 1. The number of ether oxygens (including phenoxy) is 1. The summed E-state index contributed by atoms with van der Waals surface area (Å²) in [4.78, 5) is 22.5. The summed E-state index contributed by atoms with van der Waals surface area (Å²) in [5, 5.41) is 14.0. The molecule has 1 N–H and O–H groups in total. The van der Waals surface area contributed by atoms with Crippen LogP contribution in [0.5, 0.6) is 11.5 Å². The third-order valence-electron chi connectivity index (χ3n) is 3.57. The predicted molar refractivity (Wildman–Crippen MR) is 104 cm³/mol. The van der Waals surface area contributed by atoms with Crippen LogP contribution in [0.15, 0.2) is 66.7 Å². The molecule has 0 bridgehead atoms. The second-order valence-electron chi connectivity index (χ2n) is 5.46. The van der Waals surface area contributed by atoms with Gasteiger partial charge in [0.1, 0.15) is 11.5 Å². The number of rotatable bonds is 5. The molecule has 3 rings (SSSR count). The summed E-state index contributed by atoms with van der Waals surface area (Å²) in [6, 6.07) is 17.3. The normalized spacial score (nSPS) is 10.3. The van der Waals surface area contributed by atoms with Gasteiger partial charge in [-0.3, -0.25) is 14.9 Å². The molecule has 1 amide bonds. The van der Waals surface area contributed by atoms with Crippen molar-refractivity contribution < 1.29 is 14.5 Å². The molecule has 8 heteroatoms. The van der Waals surface area contributed by atoms with E-state index < -0.39 is 10.8 Å². The smallest absolute Gasteiger partial charge is 0.270 e. The van der Waals surface area contributed by atoms with Gasteiger partial charge in [-0.25, -0.2) is 0 Å². The Hall–Kier alpha value is -3.09. The zero-order chi connectivity index (χ0) is 19.4. The largest absolute Gasteiger partial charge is 0.457 e. The van der Waals surface area contributed by atoms with Gasteiger partial charge >= 0.3 is 0 Å². The van der Waals surface area contributed by atoms with Crippen LogP contribution in [-0.2, 0) is 0 Å². The van der Waals surface area contributed by atoms with E-state index in [9.17, 15) is 14.9 Å². The van der Waals surface area contributed by atoms with Crippen LogP contribution in [0.2, 0.25) is 10.0 Å². The molecule has 3 aromatic rings. The van der Waals surface area contributed by atoms with Crippen LogP contribution >= 0.6 is 23.2 Å². The Balaban J connectivity index is 1.68. The minimum atomic E-state index is -0.576. The second-order valence-corrected chi connectivity index (χ2v) is 6.30. The number of carbonyl (C=O) groups excluding carboxylic acids is 1. The molecule has 3 aromatic carbocycles. The highest BCUT2D eigenvalue weighted by atomic mass is 35.5. The van der Waals surface area contributed by atoms with E-state index in [1.807, 2.05) is 0 Å². The maximum Gasteiger partial charge on any atom is 0.270 e. The molecule has 0 radical (unpaired) electrons. The van der Waals surface area contributed by atoms with Gasteiger partial charge < -0.3 is 10.1 Å². The van der Waals surface area contributed by atoms with Gasteiger partial charge in [0.15, 0.2) is 0 Å². The van der Waals surface area contributed by atoms with Gasteiger partial charge in [0.05, 0.1) is 15.5 Å². The molecule has 27 heavy (non-hydrogen) atoms. The molecule has 136 valence electrons. The summed E-state index contributed by atoms with van der Waals surface area (Å²) in [6.07, 6.45) is 0. The van der Waals surface area contributed by atoms with Crippen molar-refractivity contribution in [1.82, 2.24) is 0 Å². The molecule has 6 nitrogen and oxygen atoms in total. The van der Waals surface area contributed by atoms with Crippen LogP contribution in [0, 0.1) is 10.1 Å². The zero-order valence-corrected chi connectivity index (χ0v) is 15.2. The van der Waals surface area contributed by atoms with Crippen molar-refractivity contribution in [2.24, 2.45) is 0 Å². The lowest BCUT2D eigenvalue weighted by Gasteiger charge is -2.09. The molecule has 0 atom stereocenters. The van der Waals surface area contributed by atoms with Gasteiger partial charge in [-0.05, 0) is 54.6 Å². The Bertz CT molecular complexity index is 990. The summed E-state index contributed by atoms with van der Waals surface area (Å²) in [6.45, 7) is 0. The molecule has 0 saturated carbocycles. The number of carbonyl (C=O) groups is 1. The number of hydrogen-bond donors (Lipinski definition) is 1. The molecule has 0 spiro atoms. The van der Waals surface area contributed by atoms with E-state index in [0.717, 1.165) is 6.07 Å². The van der Waals surface area contributed by atoms with Crippen LogP contribution in [0.1, 0.15) is 10.4 Å². The fraction of sp³-hybridized carbons (Fsp3) is 0. The summed E-state index contributed by atoms with van der Waals surface area (Å²) in [5.41, 5.74) is 0.488. The molecular weight excluding hydrogens is 391 g/mol. The average molecular weight is 403 g/mol. The quantitative estimate of drug-likeness (QED) is 0.422. The van der Waals surface area contributed by atoms with Crippen LogP contribution in [0.4, 0.5) is 11.4 Å². The van der Waals surface area contributed by atoms with Crippen LogP contribution in [0.25, 0.3) is 0 Å². The molecule has 0 aliphatic rings. The number of nitro groups is 1. The first-order chi connectivity index (χ1) is 12.9. The lowest BCUT2D eigenvalue weighted by atomic mass is 10.2. The van der Waals surface area contributed by atoms with E-state index in [2.05, 4.69) is 5.32 Å². The molecule has 0 saturated heterocycles. The molecular formula is C19H12Cl2N2O4.